The monoisotopic (exact) mass is 144 g/mol. The highest BCUT2D eigenvalue weighted by Crippen LogP contribution is 2.25. The minimum absolute atomic E-state index is 0.0567. The molecule has 2 N–H and O–H groups in total. The number of hydrogen-bond donors (Lipinski definition) is 2. The Hall–Kier alpha value is -0.900. The minimum atomic E-state index is -2.07. The van der Waals surface area contributed by atoms with Crippen molar-refractivity contribution in [2.24, 2.45) is 0 Å². The van der Waals surface area contributed by atoms with Gasteiger partial charge in [0.25, 0.3) is 0 Å². The Morgan fingerprint density at radius 1 is 1.60 bits per heavy atom. The quantitative estimate of drug-likeness (QED) is 0.489. The zero-order valence-corrected chi connectivity index (χ0v) is 5.33. The predicted octanol–water partition coefficient (Wildman–Crippen LogP) is -0.445. The number of carboxylic acids is 1. The summed E-state index contributed by atoms with van der Waals surface area (Å²) in [5.41, 5.74) is -2.07. The normalized spacial score (nSPS) is 32.7. The zero-order chi connectivity index (χ0) is 7.78. The number of carboxylic acid groups (broad SMARTS) is 1. The Bertz CT molecular complexity index is 186. The summed E-state index contributed by atoms with van der Waals surface area (Å²) < 4.78 is 0. The lowest BCUT2D eigenvalue weighted by atomic mass is 10.0. The van der Waals surface area contributed by atoms with Gasteiger partial charge in [-0.2, -0.15) is 0 Å². The van der Waals surface area contributed by atoms with Crippen molar-refractivity contribution in [3.8, 4) is 0 Å². The van der Waals surface area contributed by atoms with Crippen LogP contribution in [0.25, 0.3) is 0 Å². The van der Waals surface area contributed by atoms with Crippen LogP contribution < -0.4 is 0 Å². The Morgan fingerprint density at radius 2 is 2.20 bits per heavy atom. The van der Waals surface area contributed by atoms with Crippen LogP contribution in [0.1, 0.15) is 19.3 Å². The molecule has 0 heterocycles. The van der Waals surface area contributed by atoms with E-state index in [1.807, 2.05) is 0 Å². The SMILES string of the molecule is O=C(O)C1(O)CCCC1=O. The molecular weight excluding hydrogens is 136 g/mol. The molecule has 56 valence electrons. The molecule has 1 unspecified atom stereocenters. The number of ketones is 1. The van der Waals surface area contributed by atoms with Crippen molar-refractivity contribution in [2.75, 3.05) is 0 Å². The van der Waals surface area contributed by atoms with E-state index in [-0.39, 0.29) is 12.8 Å². The maximum Gasteiger partial charge on any atom is 0.343 e. The third-order valence-corrected chi connectivity index (χ3v) is 1.76. The van der Waals surface area contributed by atoms with Crippen LogP contribution in [0.2, 0.25) is 0 Å². The van der Waals surface area contributed by atoms with Gasteiger partial charge in [0, 0.05) is 6.42 Å². The van der Waals surface area contributed by atoms with E-state index in [4.69, 9.17) is 10.2 Å². The van der Waals surface area contributed by atoms with E-state index < -0.39 is 17.4 Å². The molecule has 4 heteroatoms. The average molecular weight is 144 g/mol. The van der Waals surface area contributed by atoms with Gasteiger partial charge in [-0.15, -0.1) is 0 Å². The van der Waals surface area contributed by atoms with E-state index in [1.165, 1.54) is 0 Å². The first kappa shape index (κ1) is 7.21. The summed E-state index contributed by atoms with van der Waals surface area (Å²) in [4.78, 5) is 21.0. The van der Waals surface area contributed by atoms with Crippen molar-refractivity contribution in [1.82, 2.24) is 0 Å². The fourth-order valence-electron chi connectivity index (χ4n) is 1.08. The molecule has 1 aliphatic carbocycles. The highest BCUT2D eigenvalue weighted by Gasteiger charge is 2.46. The van der Waals surface area contributed by atoms with Gasteiger partial charge in [0.2, 0.25) is 5.60 Å². The Morgan fingerprint density at radius 3 is 2.40 bits per heavy atom. The summed E-state index contributed by atoms with van der Waals surface area (Å²) in [5, 5.41) is 17.5. The van der Waals surface area contributed by atoms with Crippen LogP contribution in [0.3, 0.4) is 0 Å². The van der Waals surface area contributed by atoms with Crippen LogP contribution >= 0.6 is 0 Å². The third-order valence-electron chi connectivity index (χ3n) is 1.76. The molecule has 0 aliphatic heterocycles. The molecule has 1 saturated carbocycles. The summed E-state index contributed by atoms with van der Waals surface area (Å²) >= 11 is 0. The lowest BCUT2D eigenvalue weighted by Crippen LogP contribution is -2.42. The highest BCUT2D eigenvalue weighted by atomic mass is 16.4. The van der Waals surface area contributed by atoms with Crippen LogP contribution in [-0.4, -0.2) is 27.6 Å². The van der Waals surface area contributed by atoms with Gasteiger partial charge >= 0.3 is 5.97 Å². The van der Waals surface area contributed by atoms with Crippen molar-refractivity contribution in [2.45, 2.75) is 24.9 Å². The second kappa shape index (κ2) is 2.05. The molecule has 0 amide bonds. The van der Waals surface area contributed by atoms with Crippen LogP contribution in [0, 0.1) is 0 Å². The van der Waals surface area contributed by atoms with Gasteiger partial charge in [0.05, 0.1) is 0 Å². The number of aliphatic carboxylic acids is 1. The topological polar surface area (TPSA) is 74.6 Å². The maximum absolute atomic E-state index is 10.7. The molecule has 1 atom stereocenters. The Balaban J connectivity index is 2.86. The first-order chi connectivity index (χ1) is 4.57. The molecule has 0 spiro atoms. The van der Waals surface area contributed by atoms with Crippen molar-refractivity contribution >= 4 is 11.8 Å². The van der Waals surface area contributed by atoms with Crippen LogP contribution in [0.15, 0.2) is 0 Å². The zero-order valence-electron chi connectivity index (χ0n) is 5.33. The summed E-state index contributed by atoms with van der Waals surface area (Å²) in [6.45, 7) is 0. The molecule has 1 aliphatic rings. The second-order valence-corrected chi connectivity index (χ2v) is 2.44. The van der Waals surface area contributed by atoms with E-state index in [0.717, 1.165) is 0 Å². The van der Waals surface area contributed by atoms with E-state index >= 15 is 0 Å². The number of carbonyl (C=O) groups excluding carboxylic acids is 1. The van der Waals surface area contributed by atoms with Crippen molar-refractivity contribution in [1.29, 1.82) is 0 Å². The number of rotatable bonds is 1. The summed E-state index contributed by atoms with van der Waals surface area (Å²) in [5.74, 6) is -1.99. The van der Waals surface area contributed by atoms with Gasteiger partial charge in [0.15, 0.2) is 5.78 Å². The number of carbonyl (C=O) groups is 2. The second-order valence-electron chi connectivity index (χ2n) is 2.44. The van der Waals surface area contributed by atoms with Gasteiger partial charge in [-0.1, -0.05) is 0 Å². The lowest BCUT2D eigenvalue weighted by Gasteiger charge is -2.12. The van der Waals surface area contributed by atoms with Crippen molar-refractivity contribution in [3.63, 3.8) is 0 Å². The molecule has 0 aromatic heterocycles. The molecule has 0 bridgehead atoms. The molecule has 0 saturated heterocycles. The van der Waals surface area contributed by atoms with E-state index in [9.17, 15) is 9.59 Å². The Labute approximate surface area is 57.5 Å². The average Bonchev–Trinajstić information content (AvgIpc) is 2.15. The minimum Gasteiger partial charge on any atom is -0.479 e. The number of aliphatic hydroxyl groups is 1. The fourth-order valence-corrected chi connectivity index (χ4v) is 1.08. The predicted molar refractivity (Wildman–Crippen MR) is 31.4 cm³/mol. The number of Topliss-reactive ketones (excluding diaryl/α,β-unsaturated/α-hetero) is 1. The Kier molecular flexibility index (Phi) is 1.48. The molecule has 0 radical (unpaired) electrons. The summed E-state index contributed by atoms with van der Waals surface area (Å²) in [6.07, 6.45) is 0.714. The molecular formula is C6H8O4. The van der Waals surface area contributed by atoms with Crippen molar-refractivity contribution < 1.29 is 19.8 Å². The van der Waals surface area contributed by atoms with E-state index in [2.05, 4.69) is 0 Å². The summed E-state index contributed by atoms with van der Waals surface area (Å²) in [6, 6.07) is 0. The largest absolute Gasteiger partial charge is 0.479 e. The van der Waals surface area contributed by atoms with Gasteiger partial charge < -0.3 is 10.2 Å². The van der Waals surface area contributed by atoms with E-state index in [0.29, 0.717) is 6.42 Å². The third kappa shape index (κ3) is 0.806. The fraction of sp³-hybridized carbons (Fsp3) is 0.667. The molecule has 0 aromatic rings. The van der Waals surface area contributed by atoms with Crippen LogP contribution in [0.4, 0.5) is 0 Å². The van der Waals surface area contributed by atoms with Gasteiger partial charge in [-0.3, -0.25) is 4.79 Å². The highest BCUT2D eigenvalue weighted by molar-refractivity contribution is 6.07. The maximum atomic E-state index is 10.7. The first-order valence-corrected chi connectivity index (χ1v) is 3.06. The van der Waals surface area contributed by atoms with Gasteiger partial charge in [0.1, 0.15) is 0 Å². The molecule has 1 fully saturated rings. The van der Waals surface area contributed by atoms with Crippen LogP contribution in [0.5, 0.6) is 0 Å². The summed E-state index contributed by atoms with van der Waals surface area (Å²) in [7, 11) is 0. The standard InChI is InChI=1S/C6H8O4/c7-4-2-1-3-6(4,10)5(8)9/h10H,1-3H2,(H,8,9). The molecule has 1 rings (SSSR count). The molecule has 10 heavy (non-hydrogen) atoms. The lowest BCUT2D eigenvalue weighted by molar-refractivity contribution is -0.162. The smallest absolute Gasteiger partial charge is 0.343 e. The molecule has 0 aromatic carbocycles. The molecule has 4 nitrogen and oxygen atoms in total. The van der Waals surface area contributed by atoms with Gasteiger partial charge in [-0.05, 0) is 12.8 Å². The first-order valence-electron chi connectivity index (χ1n) is 3.06. The van der Waals surface area contributed by atoms with Crippen LogP contribution in [-0.2, 0) is 9.59 Å². The van der Waals surface area contributed by atoms with E-state index in [1.54, 1.807) is 0 Å². The van der Waals surface area contributed by atoms with Crippen molar-refractivity contribution in [3.05, 3.63) is 0 Å². The van der Waals surface area contributed by atoms with Gasteiger partial charge in [-0.25, -0.2) is 4.79 Å². The number of hydrogen-bond acceptors (Lipinski definition) is 3.